The maximum absolute atomic E-state index is 12.9. The van der Waals surface area contributed by atoms with Gasteiger partial charge in [0.25, 0.3) is 0 Å². The minimum absolute atomic E-state index is 0.0640. The van der Waals surface area contributed by atoms with Crippen LogP contribution >= 0.6 is 0 Å². The fourth-order valence-corrected chi connectivity index (χ4v) is 8.10. The van der Waals surface area contributed by atoms with Gasteiger partial charge >= 0.3 is 11.9 Å². The van der Waals surface area contributed by atoms with Gasteiger partial charge in [0.2, 0.25) is 0 Å². The van der Waals surface area contributed by atoms with Crippen molar-refractivity contribution < 1.29 is 23.8 Å². The monoisotopic (exact) mass is 947 g/mol. The first-order valence-electron chi connectivity index (χ1n) is 29.1. The van der Waals surface area contributed by atoms with Crippen LogP contribution in [0.5, 0.6) is 0 Å². The van der Waals surface area contributed by atoms with Crippen molar-refractivity contribution in [1.82, 2.24) is 0 Å². The summed E-state index contributed by atoms with van der Waals surface area (Å²) in [5, 5.41) is 0. The molecule has 0 saturated carbocycles. The Balaban J connectivity index is 4.34. The molecule has 0 amide bonds. The van der Waals surface area contributed by atoms with Crippen LogP contribution in [-0.2, 0) is 23.8 Å². The summed E-state index contributed by atoms with van der Waals surface area (Å²) < 4.78 is 17.5. The van der Waals surface area contributed by atoms with Gasteiger partial charge in [0.15, 0.2) is 6.10 Å². The van der Waals surface area contributed by atoms with Gasteiger partial charge in [0, 0.05) is 19.4 Å². The van der Waals surface area contributed by atoms with E-state index in [2.05, 4.69) is 106 Å². The highest BCUT2D eigenvalue weighted by molar-refractivity contribution is 5.70. The SMILES string of the molecule is CC/C=C\C/C=C\C/C=C\C/C=C\C/C=C\CCCCCC(=O)OC[C@@H](COCCCCCCCCCCCCCCCCCC)OC(=O)CCCCCCCCC/C=C\C/C=C\CCCCC. The number of esters is 2. The highest BCUT2D eigenvalue weighted by atomic mass is 16.6. The van der Waals surface area contributed by atoms with Gasteiger partial charge < -0.3 is 14.2 Å². The molecule has 0 aromatic carbocycles. The third-order valence-corrected chi connectivity index (χ3v) is 12.4. The van der Waals surface area contributed by atoms with Gasteiger partial charge in [-0.25, -0.2) is 0 Å². The third kappa shape index (κ3) is 55.7. The van der Waals surface area contributed by atoms with Crippen LogP contribution in [0.15, 0.2) is 85.1 Å². The molecule has 392 valence electrons. The summed E-state index contributed by atoms with van der Waals surface area (Å²) in [5.74, 6) is -0.435. The second-order valence-electron chi connectivity index (χ2n) is 19.2. The van der Waals surface area contributed by atoms with Gasteiger partial charge in [-0.2, -0.15) is 0 Å². The molecule has 0 unspecified atom stereocenters. The Labute approximate surface area is 422 Å². The lowest BCUT2D eigenvalue weighted by molar-refractivity contribution is -0.163. The molecule has 0 saturated heterocycles. The Kier molecular flexibility index (Phi) is 55.9. The lowest BCUT2D eigenvalue weighted by atomic mass is 10.0. The van der Waals surface area contributed by atoms with E-state index < -0.39 is 6.10 Å². The minimum atomic E-state index is -0.557. The van der Waals surface area contributed by atoms with Gasteiger partial charge in [-0.15, -0.1) is 0 Å². The van der Waals surface area contributed by atoms with E-state index in [1.54, 1.807) is 0 Å². The summed E-state index contributed by atoms with van der Waals surface area (Å²) in [6, 6.07) is 0. The largest absolute Gasteiger partial charge is 0.462 e. The van der Waals surface area contributed by atoms with E-state index in [1.165, 1.54) is 148 Å². The Bertz CT molecular complexity index is 1250. The molecule has 0 heterocycles. The van der Waals surface area contributed by atoms with E-state index in [-0.39, 0.29) is 25.2 Å². The average molecular weight is 948 g/mol. The number of hydrogen-bond donors (Lipinski definition) is 0. The zero-order valence-electron chi connectivity index (χ0n) is 45.1. The van der Waals surface area contributed by atoms with Crippen molar-refractivity contribution in [3.05, 3.63) is 85.1 Å². The number of ether oxygens (including phenoxy) is 3. The summed E-state index contributed by atoms with van der Waals surface area (Å²) in [4.78, 5) is 25.5. The summed E-state index contributed by atoms with van der Waals surface area (Å²) in [6.45, 7) is 7.68. The van der Waals surface area contributed by atoms with Crippen LogP contribution in [0.25, 0.3) is 0 Å². The van der Waals surface area contributed by atoms with E-state index in [1.807, 2.05) is 0 Å². The van der Waals surface area contributed by atoms with E-state index in [0.29, 0.717) is 19.4 Å². The first kappa shape index (κ1) is 65.1. The number of unbranched alkanes of at least 4 members (excludes halogenated alkanes) is 28. The number of rotatable bonds is 53. The van der Waals surface area contributed by atoms with Crippen molar-refractivity contribution in [3.63, 3.8) is 0 Å². The molecule has 1 atom stereocenters. The molecule has 68 heavy (non-hydrogen) atoms. The summed E-state index contributed by atoms with van der Waals surface area (Å²) in [5.41, 5.74) is 0. The Morgan fingerprint density at radius 3 is 1.10 bits per heavy atom. The van der Waals surface area contributed by atoms with E-state index in [9.17, 15) is 9.59 Å². The topological polar surface area (TPSA) is 61.8 Å². The van der Waals surface area contributed by atoms with Crippen LogP contribution in [-0.4, -0.2) is 37.9 Å². The van der Waals surface area contributed by atoms with Gasteiger partial charge in [-0.3, -0.25) is 9.59 Å². The van der Waals surface area contributed by atoms with Gasteiger partial charge in [0.1, 0.15) is 6.61 Å². The molecule has 0 aliphatic carbocycles. The smallest absolute Gasteiger partial charge is 0.306 e. The summed E-state index contributed by atoms with van der Waals surface area (Å²) in [7, 11) is 0. The van der Waals surface area contributed by atoms with Crippen molar-refractivity contribution in [3.8, 4) is 0 Å². The fraction of sp³-hybridized carbons (Fsp3) is 0.746. The van der Waals surface area contributed by atoms with Crippen LogP contribution in [0, 0.1) is 0 Å². The average Bonchev–Trinajstić information content (AvgIpc) is 3.34. The van der Waals surface area contributed by atoms with Crippen LogP contribution in [0.3, 0.4) is 0 Å². The quantitative estimate of drug-likeness (QED) is 0.0345. The summed E-state index contributed by atoms with van der Waals surface area (Å²) in [6.07, 6.45) is 77.4. The number of carbonyl (C=O) groups is 2. The molecule has 0 bridgehead atoms. The molecule has 0 aromatic rings. The van der Waals surface area contributed by atoms with Crippen LogP contribution in [0.1, 0.15) is 278 Å². The molecule has 0 aliphatic rings. The predicted octanol–water partition coefficient (Wildman–Crippen LogP) is 20.0. The third-order valence-electron chi connectivity index (χ3n) is 12.4. The standard InChI is InChI=1S/C63H110O5/c1-4-7-10-13-16-19-22-25-28-31-32-34-35-38-41-44-47-50-53-56-62(64)67-60-61(59-66-58-55-52-49-46-43-40-37-30-27-24-21-18-15-12-9-6-3)68-63(65)57-54-51-48-45-42-39-36-33-29-26-23-20-17-14-11-8-5-2/h7,10,16-17,19-20,25-26,28-29,32,34,38,41,61H,4-6,8-9,11-15,18,21-24,27,30-31,33,35-37,39-40,42-60H2,1-3H3/b10-7-,19-16-,20-17-,28-25-,29-26-,34-32-,41-38-/t61-/m1/s1. The minimum Gasteiger partial charge on any atom is -0.462 e. The maximum atomic E-state index is 12.9. The van der Waals surface area contributed by atoms with Crippen LogP contribution in [0.2, 0.25) is 0 Å². The summed E-state index contributed by atoms with van der Waals surface area (Å²) >= 11 is 0. The number of carbonyl (C=O) groups excluding carboxylic acids is 2. The second-order valence-corrected chi connectivity index (χ2v) is 19.2. The van der Waals surface area contributed by atoms with Crippen molar-refractivity contribution >= 4 is 11.9 Å². The second kappa shape index (κ2) is 58.4. The normalized spacial score (nSPS) is 12.8. The molecule has 0 rings (SSSR count). The maximum Gasteiger partial charge on any atom is 0.306 e. The molecular formula is C63H110O5. The van der Waals surface area contributed by atoms with Gasteiger partial charge in [-0.1, -0.05) is 254 Å². The number of hydrogen-bond acceptors (Lipinski definition) is 5. The molecule has 0 aromatic heterocycles. The van der Waals surface area contributed by atoms with E-state index >= 15 is 0 Å². The van der Waals surface area contributed by atoms with Crippen molar-refractivity contribution in [2.24, 2.45) is 0 Å². The fourth-order valence-electron chi connectivity index (χ4n) is 8.10. The van der Waals surface area contributed by atoms with Crippen molar-refractivity contribution in [2.45, 2.75) is 284 Å². The number of allylic oxidation sites excluding steroid dienone is 14. The highest BCUT2D eigenvalue weighted by Gasteiger charge is 2.17. The van der Waals surface area contributed by atoms with Crippen LogP contribution < -0.4 is 0 Å². The Morgan fingerprint density at radius 2 is 0.662 bits per heavy atom. The first-order chi connectivity index (χ1) is 33.6. The molecule has 0 N–H and O–H groups in total. The first-order valence-corrected chi connectivity index (χ1v) is 29.1. The van der Waals surface area contributed by atoms with Gasteiger partial charge in [-0.05, 0) is 96.3 Å². The molecule has 0 spiro atoms. The zero-order chi connectivity index (χ0) is 49.2. The zero-order valence-corrected chi connectivity index (χ0v) is 45.1. The predicted molar refractivity (Wildman–Crippen MR) is 297 cm³/mol. The van der Waals surface area contributed by atoms with Crippen molar-refractivity contribution in [1.29, 1.82) is 0 Å². The van der Waals surface area contributed by atoms with E-state index in [4.69, 9.17) is 14.2 Å². The van der Waals surface area contributed by atoms with Gasteiger partial charge in [0.05, 0.1) is 6.61 Å². The molecule has 5 nitrogen and oxygen atoms in total. The highest BCUT2D eigenvalue weighted by Crippen LogP contribution is 2.15. The molecule has 0 aliphatic heterocycles. The Hall–Kier alpha value is -2.92. The lowest BCUT2D eigenvalue weighted by Crippen LogP contribution is -2.30. The molecule has 5 heteroatoms. The van der Waals surface area contributed by atoms with Crippen molar-refractivity contribution in [2.75, 3.05) is 19.8 Å². The van der Waals surface area contributed by atoms with E-state index in [0.717, 1.165) is 96.3 Å². The molecular weight excluding hydrogens is 837 g/mol. The lowest BCUT2D eigenvalue weighted by Gasteiger charge is -2.18. The molecule has 0 radical (unpaired) electrons. The molecule has 0 fully saturated rings. The Morgan fingerprint density at radius 1 is 0.338 bits per heavy atom. The van der Waals surface area contributed by atoms with Crippen LogP contribution in [0.4, 0.5) is 0 Å².